The Morgan fingerprint density at radius 2 is 1.85 bits per heavy atom. The fourth-order valence-electron chi connectivity index (χ4n) is 3.45. The highest BCUT2D eigenvalue weighted by molar-refractivity contribution is 7.90. The summed E-state index contributed by atoms with van der Waals surface area (Å²) < 4.78 is 32.2. The van der Waals surface area contributed by atoms with Gasteiger partial charge >= 0.3 is 13.6 Å². The molecule has 0 unspecified atom stereocenters. The fourth-order valence-corrected chi connectivity index (χ4v) is 4.89. The maximum absolute atomic E-state index is 13.1. The Labute approximate surface area is 158 Å². The van der Waals surface area contributed by atoms with Crippen molar-refractivity contribution in [2.45, 2.75) is 30.7 Å². The van der Waals surface area contributed by atoms with E-state index in [1.807, 2.05) is 44.3 Å². The van der Waals surface area contributed by atoms with Crippen molar-refractivity contribution in [3.63, 3.8) is 0 Å². The smallest absolute Gasteiger partial charge is 0.498 e. The molecule has 1 aliphatic heterocycles. The van der Waals surface area contributed by atoms with E-state index in [1.54, 1.807) is 12.1 Å². The first-order chi connectivity index (χ1) is 12.9. The van der Waals surface area contributed by atoms with Crippen LogP contribution in [0.4, 0.5) is 0 Å². The SMILES string of the molecule is Cc1ccc(S(=O)(=O)N2[B]OC(=O)[C@H]2[C@@H](C)c2c[nH]c3ccccc23)cc1. The summed E-state index contributed by atoms with van der Waals surface area (Å²) in [7, 11) is -2.90. The molecular formula is C19H18BN2O4S. The third kappa shape index (κ3) is 2.94. The van der Waals surface area contributed by atoms with Crippen molar-refractivity contribution >= 4 is 34.5 Å². The largest absolute Gasteiger partial charge is 0.520 e. The molecule has 0 amide bonds. The van der Waals surface area contributed by atoms with Crippen molar-refractivity contribution in [3.8, 4) is 0 Å². The van der Waals surface area contributed by atoms with E-state index >= 15 is 0 Å². The van der Waals surface area contributed by atoms with Crippen LogP contribution in [0.1, 0.15) is 24.0 Å². The lowest BCUT2D eigenvalue weighted by atomic mass is 9.92. The number of aromatic nitrogens is 1. The minimum absolute atomic E-state index is 0.124. The van der Waals surface area contributed by atoms with Gasteiger partial charge in [0.2, 0.25) is 10.0 Å². The summed E-state index contributed by atoms with van der Waals surface area (Å²) in [4.78, 5) is 15.7. The van der Waals surface area contributed by atoms with Crippen LogP contribution >= 0.6 is 0 Å². The molecule has 0 aliphatic carbocycles. The van der Waals surface area contributed by atoms with Gasteiger partial charge in [0.1, 0.15) is 6.04 Å². The molecule has 137 valence electrons. The molecule has 3 aromatic rings. The molecule has 1 aliphatic rings. The van der Waals surface area contributed by atoms with Crippen LogP contribution in [0.15, 0.2) is 59.6 Å². The molecule has 4 rings (SSSR count). The van der Waals surface area contributed by atoms with Crippen LogP contribution in [0.5, 0.6) is 0 Å². The Bertz CT molecular complexity index is 1110. The highest BCUT2D eigenvalue weighted by Gasteiger charge is 2.47. The highest BCUT2D eigenvalue weighted by Crippen LogP contribution is 2.34. The summed E-state index contributed by atoms with van der Waals surface area (Å²) in [6, 6.07) is 13.3. The lowest BCUT2D eigenvalue weighted by molar-refractivity contribution is -0.134. The van der Waals surface area contributed by atoms with Gasteiger partial charge in [0, 0.05) is 23.0 Å². The molecule has 0 bridgehead atoms. The zero-order valence-electron chi connectivity index (χ0n) is 14.9. The molecule has 1 saturated heterocycles. The Hall–Kier alpha value is -2.58. The van der Waals surface area contributed by atoms with Crippen molar-refractivity contribution in [1.82, 2.24) is 9.20 Å². The first-order valence-electron chi connectivity index (χ1n) is 8.59. The molecule has 2 heterocycles. The minimum Gasteiger partial charge on any atom is -0.520 e. The Balaban J connectivity index is 1.74. The lowest BCUT2D eigenvalue weighted by Crippen LogP contribution is -2.42. The number of hydrogen-bond donors (Lipinski definition) is 1. The second-order valence-corrected chi connectivity index (χ2v) is 8.56. The number of carbonyl (C=O) groups is 1. The van der Waals surface area contributed by atoms with Gasteiger partial charge in [0.15, 0.2) is 0 Å². The first-order valence-corrected chi connectivity index (χ1v) is 10.0. The number of rotatable bonds is 4. The molecule has 1 radical (unpaired) electrons. The zero-order chi connectivity index (χ0) is 19.2. The first kappa shape index (κ1) is 17.8. The number of carbonyl (C=O) groups excluding carboxylic acids is 1. The number of hydrogen-bond acceptors (Lipinski definition) is 4. The van der Waals surface area contributed by atoms with Crippen molar-refractivity contribution in [1.29, 1.82) is 0 Å². The summed E-state index contributed by atoms with van der Waals surface area (Å²) in [5, 5.41) is 0.956. The number of benzene rings is 2. The van der Waals surface area contributed by atoms with Crippen molar-refractivity contribution in [2.24, 2.45) is 0 Å². The highest BCUT2D eigenvalue weighted by atomic mass is 32.2. The van der Waals surface area contributed by atoms with Crippen LogP contribution in [-0.2, 0) is 19.5 Å². The lowest BCUT2D eigenvalue weighted by Gasteiger charge is -2.25. The topological polar surface area (TPSA) is 79.5 Å². The molecule has 0 saturated carbocycles. The fraction of sp³-hybridized carbons (Fsp3) is 0.211. The third-order valence-electron chi connectivity index (χ3n) is 4.97. The van der Waals surface area contributed by atoms with Gasteiger partial charge in [-0.1, -0.05) is 42.8 Å². The van der Waals surface area contributed by atoms with Gasteiger partial charge in [-0.2, -0.15) is 4.22 Å². The van der Waals surface area contributed by atoms with E-state index in [9.17, 15) is 13.2 Å². The molecule has 1 aromatic heterocycles. The van der Waals surface area contributed by atoms with Gasteiger partial charge in [-0.05, 0) is 30.7 Å². The van der Waals surface area contributed by atoms with Gasteiger partial charge in [-0.15, -0.1) is 0 Å². The Morgan fingerprint density at radius 3 is 2.59 bits per heavy atom. The molecule has 8 heteroatoms. The normalized spacial score (nSPS) is 19.0. The summed E-state index contributed by atoms with van der Waals surface area (Å²) in [6.45, 7) is 3.71. The number of para-hydroxylation sites is 1. The van der Waals surface area contributed by atoms with Crippen LogP contribution in [0, 0.1) is 6.92 Å². The standard InChI is InChI=1S/C19H18BN2O4S/c1-12-7-9-14(10-8-12)27(24,25)22-18(19(23)26-20-22)13(2)16-11-21-17-6-4-3-5-15(16)17/h3-11,13,18,21H,1-2H3/t13-,18+/m0/s1. The average molecular weight is 381 g/mol. The van der Waals surface area contributed by atoms with E-state index in [0.29, 0.717) is 0 Å². The van der Waals surface area contributed by atoms with Crippen LogP contribution in [0.2, 0.25) is 0 Å². The second-order valence-electron chi connectivity index (χ2n) is 6.71. The maximum atomic E-state index is 13.1. The van der Waals surface area contributed by atoms with E-state index in [1.165, 1.54) is 12.1 Å². The molecule has 1 N–H and O–H groups in total. The molecule has 2 aromatic carbocycles. The van der Waals surface area contributed by atoms with Crippen LogP contribution in [0.25, 0.3) is 10.9 Å². The van der Waals surface area contributed by atoms with E-state index in [-0.39, 0.29) is 4.90 Å². The van der Waals surface area contributed by atoms with Crippen LogP contribution in [-0.4, -0.2) is 37.2 Å². The van der Waals surface area contributed by atoms with Crippen LogP contribution < -0.4 is 0 Å². The Kier molecular flexibility index (Phi) is 4.32. The summed E-state index contributed by atoms with van der Waals surface area (Å²) in [5.41, 5.74) is 2.75. The number of H-pyrrole nitrogens is 1. The predicted molar refractivity (Wildman–Crippen MR) is 103 cm³/mol. The zero-order valence-corrected chi connectivity index (χ0v) is 15.7. The van der Waals surface area contributed by atoms with E-state index < -0.39 is 28.0 Å². The number of nitrogens with one attached hydrogen (secondary N) is 1. The van der Waals surface area contributed by atoms with Crippen molar-refractivity contribution in [3.05, 3.63) is 65.9 Å². The molecule has 0 spiro atoms. The van der Waals surface area contributed by atoms with Crippen molar-refractivity contribution in [2.75, 3.05) is 0 Å². The van der Waals surface area contributed by atoms with E-state index in [4.69, 9.17) is 4.65 Å². The van der Waals surface area contributed by atoms with Gasteiger partial charge in [0.25, 0.3) is 0 Å². The Morgan fingerprint density at radius 1 is 1.15 bits per heavy atom. The molecule has 1 fully saturated rings. The van der Waals surface area contributed by atoms with Gasteiger partial charge in [-0.25, -0.2) is 8.42 Å². The molecule has 27 heavy (non-hydrogen) atoms. The quantitative estimate of drug-likeness (QED) is 0.705. The monoisotopic (exact) mass is 381 g/mol. The minimum atomic E-state index is -3.91. The number of sulfonamides is 1. The molecule has 2 atom stereocenters. The maximum Gasteiger partial charge on any atom is 0.498 e. The van der Waals surface area contributed by atoms with Crippen molar-refractivity contribution < 1.29 is 17.9 Å². The number of aryl methyl sites for hydroxylation is 1. The molecule has 6 nitrogen and oxygen atoms in total. The van der Waals surface area contributed by atoms with Gasteiger partial charge in [-0.3, -0.25) is 4.79 Å². The summed E-state index contributed by atoms with van der Waals surface area (Å²) >= 11 is 0. The number of aromatic amines is 1. The number of nitrogens with zero attached hydrogens (tertiary/aromatic N) is 1. The van der Waals surface area contributed by atoms with E-state index in [2.05, 4.69) is 4.98 Å². The second kappa shape index (κ2) is 6.54. The third-order valence-corrected chi connectivity index (χ3v) is 6.71. The van der Waals surface area contributed by atoms with Gasteiger partial charge in [0.05, 0.1) is 4.90 Å². The summed E-state index contributed by atoms with van der Waals surface area (Å²) in [5.74, 6) is -0.976. The number of fused-ring (bicyclic) bond motifs is 1. The molecular weight excluding hydrogens is 363 g/mol. The van der Waals surface area contributed by atoms with Crippen LogP contribution in [0.3, 0.4) is 0 Å². The van der Waals surface area contributed by atoms with E-state index in [0.717, 1.165) is 33.9 Å². The van der Waals surface area contributed by atoms with Gasteiger partial charge < -0.3 is 9.64 Å². The predicted octanol–water partition coefficient (Wildman–Crippen LogP) is 2.73. The average Bonchev–Trinajstić information content (AvgIpc) is 3.25. The summed E-state index contributed by atoms with van der Waals surface area (Å²) in [6.07, 6.45) is 1.82.